The minimum atomic E-state index is -0.279. The molecule has 0 saturated heterocycles. The van der Waals surface area contributed by atoms with Gasteiger partial charge in [0, 0.05) is 6.54 Å². The zero-order valence-corrected chi connectivity index (χ0v) is 12.6. The molecule has 1 fully saturated rings. The molecule has 0 unspecified atom stereocenters. The predicted octanol–water partition coefficient (Wildman–Crippen LogP) is 3.65. The normalized spacial score (nSPS) is 15.5. The maximum atomic E-state index is 12.5. The summed E-state index contributed by atoms with van der Waals surface area (Å²) in [7, 11) is 0. The van der Waals surface area contributed by atoms with Crippen molar-refractivity contribution in [2.24, 2.45) is 0 Å². The average molecular weight is 279 g/mol. The minimum absolute atomic E-state index is 0.159. The number of carbonyl (C=O) groups excluding carboxylic acids is 1. The van der Waals surface area contributed by atoms with Crippen LogP contribution >= 0.6 is 0 Å². The van der Waals surface area contributed by atoms with Crippen LogP contribution in [0.15, 0.2) is 48.5 Å². The third-order valence-corrected chi connectivity index (χ3v) is 4.36. The number of rotatable bonds is 4. The van der Waals surface area contributed by atoms with Gasteiger partial charge in [-0.3, -0.25) is 4.79 Å². The second-order valence-corrected chi connectivity index (χ2v) is 6.12. The van der Waals surface area contributed by atoms with Crippen LogP contribution in [0.4, 0.5) is 0 Å². The van der Waals surface area contributed by atoms with Crippen LogP contribution in [0, 0.1) is 13.8 Å². The van der Waals surface area contributed by atoms with Crippen LogP contribution < -0.4 is 5.32 Å². The fourth-order valence-electron chi connectivity index (χ4n) is 2.70. The molecule has 0 heterocycles. The smallest absolute Gasteiger partial charge is 0.230 e. The molecule has 1 N–H and O–H groups in total. The van der Waals surface area contributed by atoms with Crippen molar-refractivity contribution in [1.29, 1.82) is 0 Å². The molecular formula is C19H21NO. The lowest BCUT2D eigenvalue weighted by molar-refractivity contribution is -0.123. The average Bonchev–Trinajstić information content (AvgIpc) is 3.29. The molecule has 1 aliphatic rings. The maximum Gasteiger partial charge on any atom is 0.230 e. The van der Waals surface area contributed by atoms with E-state index in [9.17, 15) is 4.79 Å². The molecule has 0 atom stereocenters. The van der Waals surface area contributed by atoms with Crippen molar-refractivity contribution in [2.45, 2.75) is 38.6 Å². The monoisotopic (exact) mass is 279 g/mol. The van der Waals surface area contributed by atoms with Crippen LogP contribution in [-0.4, -0.2) is 5.91 Å². The molecule has 2 heteroatoms. The van der Waals surface area contributed by atoms with E-state index in [-0.39, 0.29) is 11.3 Å². The molecule has 1 amide bonds. The number of benzene rings is 2. The van der Waals surface area contributed by atoms with Gasteiger partial charge in [0.15, 0.2) is 0 Å². The highest BCUT2D eigenvalue weighted by Crippen LogP contribution is 2.48. The molecule has 0 radical (unpaired) electrons. The number of aryl methyl sites for hydroxylation is 2. The Morgan fingerprint density at radius 1 is 0.952 bits per heavy atom. The van der Waals surface area contributed by atoms with Crippen molar-refractivity contribution >= 4 is 5.91 Å². The fourth-order valence-corrected chi connectivity index (χ4v) is 2.70. The van der Waals surface area contributed by atoms with Gasteiger partial charge >= 0.3 is 0 Å². The quantitative estimate of drug-likeness (QED) is 0.909. The van der Waals surface area contributed by atoms with Gasteiger partial charge in [-0.05, 0) is 37.8 Å². The van der Waals surface area contributed by atoms with Gasteiger partial charge in [0.05, 0.1) is 5.41 Å². The topological polar surface area (TPSA) is 29.1 Å². The van der Waals surface area contributed by atoms with E-state index in [0.717, 1.165) is 24.0 Å². The molecule has 1 aliphatic carbocycles. The van der Waals surface area contributed by atoms with E-state index in [4.69, 9.17) is 0 Å². The molecule has 2 aromatic rings. The van der Waals surface area contributed by atoms with Crippen molar-refractivity contribution in [3.63, 3.8) is 0 Å². The number of amides is 1. The van der Waals surface area contributed by atoms with Crippen LogP contribution in [0.2, 0.25) is 0 Å². The van der Waals surface area contributed by atoms with Gasteiger partial charge in [-0.2, -0.15) is 0 Å². The van der Waals surface area contributed by atoms with E-state index >= 15 is 0 Å². The maximum absolute atomic E-state index is 12.5. The Kier molecular flexibility index (Phi) is 3.54. The third kappa shape index (κ3) is 2.85. The van der Waals surface area contributed by atoms with Crippen molar-refractivity contribution in [3.05, 3.63) is 70.8 Å². The van der Waals surface area contributed by atoms with Gasteiger partial charge < -0.3 is 5.32 Å². The zero-order chi connectivity index (χ0) is 14.9. The Morgan fingerprint density at radius 3 is 2.00 bits per heavy atom. The first-order valence-electron chi connectivity index (χ1n) is 7.51. The lowest BCUT2D eigenvalue weighted by Gasteiger charge is -2.16. The Bertz CT molecular complexity index is 636. The molecule has 2 nitrogen and oxygen atoms in total. The lowest BCUT2D eigenvalue weighted by atomic mass is 9.94. The van der Waals surface area contributed by atoms with E-state index in [2.05, 4.69) is 67.7 Å². The Hall–Kier alpha value is -2.09. The molecular weight excluding hydrogens is 258 g/mol. The van der Waals surface area contributed by atoms with Crippen molar-refractivity contribution in [3.8, 4) is 0 Å². The molecule has 0 bridgehead atoms. The minimum Gasteiger partial charge on any atom is -0.351 e. The summed E-state index contributed by atoms with van der Waals surface area (Å²) in [5, 5.41) is 3.10. The van der Waals surface area contributed by atoms with Crippen LogP contribution in [0.1, 0.15) is 35.1 Å². The van der Waals surface area contributed by atoms with Gasteiger partial charge in [-0.25, -0.2) is 0 Å². The Labute approximate surface area is 126 Å². The highest BCUT2D eigenvalue weighted by atomic mass is 16.2. The molecule has 0 aromatic heterocycles. The summed E-state index contributed by atoms with van der Waals surface area (Å²) in [6.07, 6.45) is 1.91. The van der Waals surface area contributed by atoms with E-state index in [1.54, 1.807) is 0 Å². The first kappa shape index (κ1) is 13.9. The molecule has 0 aliphatic heterocycles. The standard InChI is InChI=1S/C19H21NO/c1-14-3-7-16(8-4-14)13-20-18(21)19(11-12-19)17-9-5-15(2)6-10-17/h3-10H,11-13H2,1-2H3,(H,20,21). The zero-order valence-electron chi connectivity index (χ0n) is 12.6. The SMILES string of the molecule is Cc1ccc(CNC(=O)C2(c3ccc(C)cc3)CC2)cc1. The van der Waals surface area contributed by atoms with Gasteiger partial charge in [0.2, 0.25) is 5.91 Å². The molecule has 108 valence electrons. The molecule has 3 rings (SSSR count). The van der Waals surface area contributed by atoms with Gasteiger partial charge in [-0.15, -0.1) is 0 Å². The first-order chi connectivity index (χ1) is 10.1. The molecule has 0 spiro atoms. The van der Waals surface area contributed by atoms with E-state index in [1.807, 2.05) is 0 Å². The second kappa shape index (κ2) is 5.36. The van der Waals surface area contributed by atoms with Gasteiger partial charge in [-0.1, -0.05) is 59.7 Å². The molecule has 2 aromatic carbocycles. The van der Waals surface area contributed by atoms with Crippen LogP contribution in [0.25, 0.3) is 0 Å². The van der Waals surface area contributed by atoms with Crippen LogP contribution in [0.3, 0.4) is 0 Å². The number of hydrogen-bond acceptors (Lipinski definition) is 1. The summed E-state index contributed by atoms with van der Waals surface area (Å²) in [5.41, 5.74) is 4.49. The fraction of sp³-hybridized carbons (Fsp3) is 0.316. The van der Waals surface area contributed by atoms with Gasteiger partial charge in [0.25, 0.3) is 0 Å². The summed E-state index contributed by atoms with van der Waals surface area (Å²) in [5.74, 6) is 0.159. The molecule has 21 heavy (non-hydrogen) atoms. The van der Waals surface area contributed by atoms with E-state index in [1.165, 1.54) is 11.1 Å². The van der Waals surface area contributed by atoms with E-state index in [0.29, 0.717) is 6.54 Å². The van der Waals surface area contributed by atoms with Crippen LogP contribution in [0.5, 0.6) is 0 Å². The summed E-state index contributed by atoms with van der Waals surface area (Å²) >= 11 is 0. The largest absolute Gasteiger partial charge is 0.351 e. The lowest BCUT2D eigenvalue weighted by Crippen LogP contribution is -2.34. The number of hydrogen-bond donors (Lipinski definition) is 1. The second-order valence-electron chi connectivity index (χ2n) is 6.12. The Morgan fingerprint density at radius 2 is 1.48 bits per heavy atom. The van der Waals surface area contributed by atoms with Gasteiger partial charge in [0.1, 0.15) is 0 Å². The summed E-state index contributed by atoms with van der Waals surface area (Å²) in [4.78, 5) is 12.5. The predicted molar refractivity (Wildman–Crippen MR) is 85.1 cm³/mol. The Balaban J connectivity index is 1.67. The summed E-state index contributed by atoms with van der Waals surface area (Å²) in [6.45, 7) is 4.74. The highest BCUT2D eigenvalue weighted by Gasteiger charge is 2.50. The highest BCUT2D eigenvalue weighted by molar-refractivity contribution is 5.91. The number of carbonyl (C=O) groups is 1. The van der Waals surface area contributed by atoms with Crippen LogP contribution in [-0.2, 0) is 16.8 Å². The first-order valence-corrected chi connectivity index (χ1v) is 7.51. The molecule has 1 saturated carbocycles. The summed E-state index contributed by atoms with van der Waals surface area (Å²) < 4.78 is 0. The van der Waals surface area contributed by atoms with Crippen molar-refractivity contribution < 1.29 is 4.79 Å². The van der Waals surface area contributed by atoms with E-state index < -0.39 is 0 Å². The van der Waals surface area contributed by atoms with Crippen molar-refractivity contribution in [2.75, 3.05) is 0 Å². The number of nitrogens with one attached hydrogen (secondary N) is 1. The van der Waals surface area contributed by atoms with Crippen molar-refractivity contribution in [1.82, 2.24) is 5.32 Å². The third-order valence-electron chi connectivity index (χ3n) is 4.36. The summed E-state index contributed by atoms with van der Waals surface area (Å²) in [6, 6.07) is 16.7.